The summed E-state index contributed by atoms with van der Waals surface area (Å²) in [6.45, 7) is 4.85. The Morgan fingerprint density at radius 2 is 2.32 bits per heavy atom. The first-order chi connectivity index (χ1) is 10.1. The zero-order valence-corrected chi connectivity index (χ0v) is 13.9. The van der Waals surface area contributed by atoms with Crippen LogP contribution in [-0.2, 0) is 11.2 Å². The Kier molecular flexibility index (Phi) is 8.43. The van der Waals surface area contributed by atoms with Crippen LogP contribution >= 0.6 is 12.4 Å². The number of halogens is 2. The van der Waals surface area contributed by atoms with Gasteiger partial charge < -0.3 is 10.6 Å². The van der Waals surface area contributed by atoms with E-state index < -0.39 is 0 Å². The number of hydrogen-bond donors (Lipinski definition) is 2. The van der Waals surface area contributed by atoms with Gasteiger partial charge in [0.1, 0.15) is 5.82 Å². The Morgan fingerprint density at radius 1 is 1.50 bits per heavy atom. The molecule has 2 unspecified atom stereocenters. The molecule has 124 valence electrons. The number of amides is 1. The summed E-state index contributed by atoms with van der Waals surface area (Å²) in [5.41, 5.74) is 0.917. The van der Waals surface area contributed by atoms with Gasteiger partial charge >= 0.3 is 0 Å². The SMILES string of the molecule is CC(CC(=O)NCCc1cccc(F)c1)C1CCCNC1.Cl. The molecule has 1 amide bonds. The molecule has 3 nitrogen and oxygen atoms in total. The summed E-state index contributed by atoms with van der Waals surface area (Å²) >= 11 is 0. The Morgan fingerprint density at radius 3 is 3.00 bits per heavy atom. The fraction of sp³-hybridized carbons (Fsp3) is 0.588. The minimum absolute atomic E-state index is 0. The maximum Gasteiger partial charge on any atom is 0.220 e. The maximum absolute atomic E-state index is 13.0. The first-order valence-electron chi connectivity index (χ1n) is 7.87. The monoisotopic (exact) mass is 328 g/mol. The highest BCUT2D eigenvalue weighted by molar-refractivity contribution is 5.85. The van der Waals surface area contributed by atoms with Crippen LogP contribution in [0.1, 0.15) is 31.7 Å². The molecular weight excluding hydrogens is 303 g/mol. The first-order valence-corrected chi connectivity index (χ1v) is 7.87. The molecule has 1 fully saturated rings. The summed E-state index contributed by atoms with van der Waals surface area (Å²) in [5.74, 6) is 0.890. The Labute approximate surface area is 138 Å². The van der Waals surface area contributed by atoms with E-state index in [1.165, 1.54) is 25.0 Å². The number of piperidine rings is 1. The van der Waals surface area contributed by atoms with E-state index in [0.29, 0.717) is 31.2 Å². The Hall–Kier alpha value is -1.13. The number of carbonyl (C=O) groups excluding carboxylic acids is 1. The lowest BCUT2D eigenvalue weighted by molar-refractivity contribution is -0.122. The van der Waals surface area contributed by atoms with Crippen molar-refractivity contribution in [2.45, 2.75) is 32.6 Å². The molecule has 2 atom stereocenters. The lowest BCUT2D eigenvalue weighted by Gasteiger charge is -2.28. The van der Waals surface area contributed by atoms with Gasteiger partial charge in [-0.25, -0.2) is 4.39 Å². The van der Waals surface area contributed by atoms with E-state index in [-0.39, 0.29) is 24.1 Å². The molecule has 1 aliphatic heterocycles. The molecule has 1 aliphatic rings. The van der Waals surface area contributed by atoms with E-state index in [2.05, 4.69) is 17.6 Å². The van der Waals surface area contributed by atoms with Crippen molar-refractivity contribution in [1.82, 2.24) is 10.6 Å². The van der Waals surface area contributed by atoms with Crippen LogP contribution in [0.15, 0.2) is 24.3 Å². The third-order valence-electron chi connectivity index (χ3n) is 4.27. The average Bonchev–Trinajstić information content (AvgIpc) is 2.48. The summed E-state index contributed by atoms with van der Waals surface area (Å²) in [7, 11) is 0. The molecule has 1 saturated heterocycles. The van der Waals surface area contributed by atoms with Crippen LogP contribution < -0.4 is 10.6 Å². The van der Waals surface area contributed by atoms with Gasteiger partial charge in [0.15, 0.2) is 0 Å². The normalized spacial score (nSPS) is 19.1. The molecule has 1 heterocycles. The highest BCUT2D eigenvalue weighted by atomic mass is 35.5. The zero-order valence-electron chi connectivity index (χ0n) is 13.1. The van der Waals surface area contributed by atoms with Gasteiger partial charge in [-0.1, -0.05) is 19.1 Å². The van der Waals surface area contributed by atoms with Crippen molar-refractivity contribution in [3.05, 3.63) is 35.6 Å². The van der Waals surface area contributed by atoms with Gasteiger partial charge in [0.05, 0.1) is 0 Å². The lowest BCUT2D eigenvalue weighted by Crippen LogP contribution is -2.36. The van der Waals surface area contributed by atoms with Gasteiger partial charge in [-0.2, -0.15) is 0 Å². The van der Waals surface area contributed by atoms with E-state index in [1.807, 2.05) is 6.07 Å². The van der Waals surface area contributed by atoms with Crippen LogP contribution in [-0.4, -0.2) is 25.5 Å². The number of carbonyl (C=O) groups is 1. The van der Waals surface area contributed by atoms with Gasteiger partial charge in [0.2, 0.25) is 5.91 Å². The molecule has 0 spiro atoms. The smallest absolute Gasteiger partial charge is 0.220 e. The van der Waals surface area contributed by atoms with Crippen molar-refractivity contribution in [3.63, 3.8) is 0 Å². The van der Waals surface area contributed by atoms with E-state index in [4.69, 9.17) is 0 Å². The first kappa shape index (κ1) is 18.9. The fourth-order valence-corrected chi connectivity index (χ4v) is 2.93. The van der Waals surface area contributed by atoms with Gasteiger partial charge in [-0.3, -0.25) is 4.79 Å². The molecule has 5 heteroatoms. The van der Waals surface area contributed by atoms with Crippen molar-refractivity contribution < 1.29 is 9.18 Å². The molecule has 0 aromatic heterocycles. The molecule has 0 bridgehead atoms. The molecule has 0 aliphatic carbocycles. The van der Waals surface area contributed by atoms with E-state index in [9.17, 15) is 9.18 Å². The predicted octanol–water partition coefficient (Wildman–Crippen LogP) is 2.93. The van der Waals surface area contributed by atoms with Gasteiger partial charge in [-0.05, 0) is 61.9 Å². The summed E-state index contributed by atoms with van der Waals surface area (Å²) in [5, 5.41) is 6.33. The molecule has 2 N–H and O–H groups in total. The van der Waals surface area contributed by atoms with Crippen molar-refractivity contribution in [1.29, 1.82) is 0 Å². The van der Waals surface area contributed by atoms with Crippen molar-refractivity contribution in [2.75, 3.05) is 19.6 Å². The molecule has 1 aromatic carbocycles. The molecule has 1 aromatic rings. The third-order valence-corrected chi connectivity index (χ3v) is 4.27. The second-order valence-electron chi connectivity index (χ2n) is 6.02. The molecule has 2 rings (SSSR count). The Bertz CT molecular complexity index is 464. The van der Waals surface area contributed by atoms with Crippen LogP contribution in [0.2, 0.25) is 0 Å². The predicted molar refractivity (Wildman–Crippen MR) is 89.7 cm³/mol. The van der Waals surface area contributed by atoms with Crippen LogP contribution in [0.4, 0.5) is 4.39 Å². The minimum Gasteiger partial charge on any atom is -0.356 e. The molecular formula is C17H26ClFN2O. The minimum atomic E-state index is -0.225. The molecule has 0 saturated carbocycles. The van der Waals surface area contributed by atoms with Gasteiger partial charge in [0, 0.05) is 13.0 Å². The van der Waals surface area contributed by atoms with Crippen molar-refractivity contribution in [2.24, 2.45) is 11.8 Å². The summed E-state index contributed by atoms with van der Waals surface area (Å²) in [6, 6.07) is 6.53. The van der Waals surface area contributed by atoms with Crippen LogP contribution in [0.3, 0.4) is 0 Å². The number of nitrogens with one attached hydrogen (secondary N) is 2. The quantitative estimate of drug-likeness (QED) is 0.843. The summed E-state index contributed by atoms with van der Waals surface area (Å²) in [4.78, 5) is 11.9. The van der Waals surface area contributed by atoms with Gasteiger partial charge in [-0.15, -0.1) is 12.4 Å². The standard InChI is InChI=1S/C17H25FN2O.ClH/c1-13(15-5-3-8-19-12-15)10-17(21)20-9-7-14-4-2-6-16(18)11-14;/h2,4,6,11,13,15,19H,3,5,7-10,12H2,1H3,(H,20,21);1H. The number of benzene rings is 1. The zero-order chi connectivity index (χ0) is 15.1. The average molecular weight is 329 g/mol. The fourth-order valence-electron chi connectivity index (χ4n) is 2.93. The highest BCUT2D eigenvalue weighted by Crippen LogP contribution is 2.22. The van der Waals surface area contributed by atoms with Crippen LogP contribution in [0.25, 0.3) is 0 Å². The molecule has 22 heavy (non-hydrogen) atoms. The number of rotatable bonds is 6. The van der Waals surface area contributed by atoms with E-state index in [0.717, 1.165) is 18.7 Å². The lowest BCUT2D eigenvalue weighted by atomic mass is 9.85. The van der Waals surface area contributed by atoms with Crippen molar-refractivity contribution >= 4 is 18.3 Å². The van der Waals surface area contributed by atoms with E-state index in [1.54, 1.807) is 6.07 Å². The van der Waals surface area contributed by atoms with Gasteiger partial charge in [0.25, 0.3) is 0 Å². The maximum atomic E-state index is 13.0. The van der Waals surface area contributed by atoms with Crippen LogP contribution in [0.5, 0.6) is 0 Å². The third kappa shape index (κ3) is 6.32. The molecule has 0 radical (unpaired) electrons. The second-order valence-corrected chi connectivity index (χ2v) is 6.02. The largest absolute Gasteiger partial charge is 0.356 e. The van der Waals surface area contributed by atoms with E-state index >= 15 is 0 Å². The second kappa shape index (κ2) is 9.80. The number of hydrogen-bond acceptors (Lipinski definition) is 2. The Balaban J connectivity index is 0.00000242. The highest BCUT2D eigenvalue weighted by Gasteiger charge is 2.21. The summed E-state index contributed by atoms with van der Waals surface area (Å²) in [6.07, 6.45) is 3.67. The van der Waals surface area contributed by atoms with Crippen molar-refractivity contribution in [3.8, 4) is 0 Å². The topological polar surface area (TPSA) is 41.1 Å². The van der Waals surface area contributed by atoms with Crippen LogP contribution in [0, 0.1) is 17.7 Å². The summed E-state index contributed by atoms with van der Waals surface area (Å²) < 4.78 is 13.0.